The quantitative estimate of drug-likeness (QED) is 0.631. The first-order valence-electron chi connectivity index (χ1n) is 6.90. The molecule has 1 aromatic carbocycles. The molecular weight excluding hydrogens is 369 g/mol. The van der Waals surface area contributed by atoms with Crippen LogP contribution in [0.2, 0.25) is 0 Å². The van der Waals surface area contributed by atoms with E-state index in [0.29, 0.717) is 5.92 Å². The molecule has 1 N–H and O–H groups in total. The second kappa shape index (κ2) is 4.44. The summed E-state index contributed by atoms with van der Waals surface area (Å²) in [6, 6.07) is 7.69. The van der Waals surface area contributed by atoms with Crippen molar-refractivity contribution in [1.29, 1.82) is 0 Å². The normalized spacial score (nSPS) is 37.0. The first-order valence-corrected chi connectivity index (χ1v) is 7.98. The van der Waals surface area contributed by atoms with E-state index in [-0.39, 0.29) is 35.7 Å². The van der Waals surface area contributed by atoms with Gasteiger partial charge in [-0.3, -0.25) is 9.59 Å². The van der Waals surface area contributed by atoms with Gasteiger partial charge in [-0.25, -0.2) is 0 Å². The molecule has 0 unspecified atom stereocenters. The lowest BCUT2D eigenvalue weighted by Crippen LogP contribution is -2.35. The number of fused-ring (bicyclic) bond motifs is 1. The van der Waals surface area contributed by atoms with Crippen molar-refractivity contribution in [3.63, 3.8) is 0 Å². The number of amides is 1. The van der Waals surface area contributed by atoms with Crippen LogP contribution in [0.4, 0.5) is 5.69 Å². The van der Waals surface area contributed by atoms with E-state index in [1.54, 1.807) is 0 Å². The Labute approximate surface area is 130 Å². The van der Waals surface area contributed by atoms with Crippen LogP contribution in [0.3, 0.4) is 0 Å². The van der Waals surface area contributed by atoms with Crippen LogP contribution in [0.5, 0.6) is 0 Å². The topological polar surface area (TPSA) is 55.4 Å². The van der Waals surface area contributed by atoms with Crippen molar-refractivity contribution in [2.75, 3.05) is 5.32 Å². The average molecular weight is 383 g/mol. The van der Waals surface area contributed by atoms with Crippen molar-refractivity contribution >= 4 is 40.2 Å². The molecule has 5 atom stereocenters. The average Bonchev–Trinajstić information content (AvgIpc) is 3.02. The van der Waals surface area contributed by atoms with Gasteiger partial charge >= 0.3 is 5.97 Å². The fourth-order valence-corrected chi connectivity index (χ4v) is 4.48. The molecule has 2 saturated carbocycles. The molecule has 3 fully saturated rings. The van der Waals surface area contributed by atoms with Gasteiger partial charge in [-0.15, -0.1) is 0 Å². The molecule has 1 amide bonds. The van der Waals surface area contributed by atoms with Gasteiger partial charge in [0.25, 0.3) is 0 Å². The molecule has 4 rings (SSSR count). The molecule has 3 aliphatic rings. The zero-order valence-corrected chi connectivity index (χ0v) is 12.9. The maximum Gasteiger partial charge on any atom is 0.310 e. The van der Waals surface area contributed by atoms with E-state index in [1.807, 2.05) is 24.3 Å². The lowest BCUT2D eigenvalue weighted by Gasteiger charge is -2.23. The van der Waals surface area contributed by atoms with Crippen molar-refractivity contribution in [3.05, 3.63) is 27.8 Å². The maximum absolute atomic E-state index is 12.5. The Morgan fingerprint density at radius 1 is 1.25 bits per heavy atom. The Bertz CT molecular complexity index is 583. The lowest BCUT2D eigenvalue weighted by atomic mass is 9.79. The van der Waals surface area contributed by atoms with Crippen LogP contribution in [0.25, 0.3) is 0 Å². The Morgan fingerprint density at radius 2 is 2.00 bits per heavy atom. The minimum atomic E-state index is -0.206. The predicted octanol–water partition coefficient (Wildman–Crippen LogP) is 2.43. The Hall–Kier alpha value is -1.11. The first kappa shape index (κ1) is 12.6. The molecule has 0 radical (unpaired) electrons. The molecule has 5 heteroatoms. The number of carbonyl (C=O) groups excluding carboxylic acids is 2. The predicted molar refractivity (Wildman–Crippen MR) is 80.9 cm³/mol. The van der Waals surface area contributed by atoms with Gasteiger partial charge in [-0.1, -0.05) is 0 Å². The van der Waals surface area contributed by atoms with Gasteiger partial charge in [0, 0.05) is 15.2 Å². The fourth-order valence-electron chi connectivity index (χ4n) is 4.12. The summed E-state index contributed by atoms with van der Waals surface area (Å²) >= 11 is 2.23. The van der Waals surface area contributed by atoms with Crippen LogP contribution in [-0.4, -0.2) is 18.0 Å². The first-order chi connectivity index (χ1) is 9.63. The molecule has 0 spiro atoms. The Kier molecular flexibility index (Phi) is 2.80. The number of carbonyl (C=O) groups is 2. The van der Waals surface area contributed by atoms with Gasteiger partial charge < -0.3 is 10.1 Å². The Balaban J connectivity index is 1.54. The van der Waals surface area contributed by atoms with Crippen molar-refractivity contribution in [2.45, 2.75) is 18.9 Å². The van der Waals surface area contributed by atoms with Gasteiger partial charge in [-0.2, -0.15) is 0 Å². The second-order valence-corrected chi connectivity index (χ2v) is 7.16. The fraction of sp³-hybridized carbons (Fsp3) is 0.467. The smallest absolute Gasteiger partial charge is 0.310 e. The van der Waals surface area contributed by atoms with Crippen LogP contribution < -0.4 is 5.32 Å². The monoisotopic (exact) mass is 383 g/mol. The standard InChI is InChI=1S/C15H14INO3/c16-8-1-3-9(4-2-8)17-14(18)12-7-5-10-11(6-7)20-15(19)13(10)12/h1-4,7,10-13H,5-6H2,(H,17,18)/t7-,10-,11+,12-,13-/m1/s1. The van der Waals surface area contributed by atoms with Crippen LogP contribution in [0, 0.1) is 27.2 Å². The van der Waals surface area contributed by atoms with Crippen LogP contribution in [0.15, 0.2) is 24.3 Å². The lowest BCUT2D eigenvalue weighted by molar-refractivity contribution is -0.145. The van der Waals surface area contributed by atoms with Crippen molar-refractivity contribution in [3.8, 4) is 0 Å². The summed E-state index contributed by atoms with van der Waals surface area (Å²) < 4.78 is 6.49. The number of rotatable bonds is 2. The summed E-state index contributed by atoms with van der Waals surface area (Å²) in [6.45, 7) is 0. The molecular formula is C15H14INO3. The SMILES string of the molecule is O=C(Nc1ccc(I)cc1)[C@@H]1[C@@H]2C[C@H]3[C@H]1C(=O)O[C@H]3C2. The largest absolute Gasteiger partial charge is 0.462 e. The molecule has 2 bridgehead atoms. The number of halogens is 1. The van der Waals surface area contributed by atoms with Crippen molar-refractivity contribution in [1.82, 2.24) is 0 Å². The van der Waals surface area contributed by atoms with Crippen LogP contribution in [-0.2, 0) is 14.3 Å². The van der Waals surface area contributed by atoms with E-state index in [1.165, 1.54) is 0 Å². The minimum absolute atomic E-state index is 0.0268. The molecule has 2 aliphatic carbocycles. The molecule has 0 aromatic heterocycles. The third-order valence-electron chi connectivity index (χ3n) is 4.90. The number of hydrogen-bond donors (Lipinski definition) is 1. The maximum atomic E-state index is 12.5. The zero-order chi connectivity index (χ0) is 13.9. The number of ether oxygens (including phenoxy) is 1. The third-order valence-corrected chi connectivity index (χ3v) is 5.62. The number of hydrogen-bond acceptors (Lipinski definition) is 3. The molecule has 4 nitrogen and oxygen atoms in total. The van der Waals surface area contributed by atoms with Gasteiger partial charge in [0.1, 0.15) is 6.10 Å². The van der Waals surface area contributed by atoms with E-state index in [0.717, 1.165) is 22.1 Å². The summed E-state index contributed by atoms with van der Waals surface area (Å²) in [5, 5.41) is 2.95. The molecule has 1 aliphatic heterocycles. The number of benzene rings is 1. The summed E-state index contributed by atoms with van der Waals surface area (Å²) in [5.74, 6) is -0.0119. The molecule has 1 heterocycles. The Morgan fingerprint density at radius 3 is 2.75 bits per heavy atom. The van der Waals surface area contributed by atoms with E-state index >= 15 is 0 Å². The molecule has 1 aromatic rings. The van der Waals surface area contributed by atoms with Gasteiger partial charge in [0.05, 0.1) is 11.8 Å². The summed E-state index contributed by atoms with van der Waals surface area (Å²) in [5.41, 5.74) is 0.793. The van der Waals surface area contributed by atoms with E-state index < -0.39 is 0 Å². The highest BCUT2D eigenvalue weighted by atomic mass is 127. The molecule has 1 saturated heterocycles. The summed E-state index contributed by atoms with van der Waals surface area (Å²) in [6.07, 6.45) is 1.91. The highest BCUT2D eigenvalue weighted by molar-refractivity contribution is 14.1. The summed E-state index contributed by atoms with van der Waals surface area (Å²) in [7, 11) is 0. The van der Waals surface area contributed by atoms with Gasteiger partial charge in [-0.05, 0) is 65.6 Å². The highest BCUT2D eigenvalue weighted by Gasteiger charge is 2.63. The molecule has 104 valence electrons. The zero-order valence-electron chi connectivity index (χ0n) is 10.7. The highest BCUT2D eigenvalue weighted by Crippen LogP contribution is 2.57. The number of anilines is 1. The number of nitrogens with one attached hydrogen (secondary N) is 1. The third kappa shape index (κ3) is 1.78. The van der Waals surface area contributed by atoms with Crippen molar-refractivity contribution < 1.29 is 14.3 Å². The van der Waals surface area contributed by atoms with Crippen LogP contribution in [0.1, 0.15) is 12.8 Å². The van der Waals surface area contributed by atoms with E-state index in [9.17, 15) is 9.59 Å². The van der Waals surface area contributed by atoms with Crippen LogP contribution >= 0.6 is 22.6 Å². The van der Waals surface area contributed by atoms with E-state index in [4.69, 9.17) is 4.74 Å². The second-order valence-electron chi connectivity index (χ2n) is 5.92. The summed E-state index contributed by atoms with van der Waals surface area (Å²) in [4.78, 5) is 24.4. The number of esters is 1. The molecule has 20 heavy (non-hydrogen) atoms. The minimum Gasteiger partial charge on any atom is -0.462 e. The van der Waals surface area contributed by atoms with Gasteiger partial charge in [0.2, 0.25) is 5.91 Å². The van der Waals surface area contributed by atoms with Crippen molar-refractivity contribution in [2.24, 2.45) is 23.7 Å². The van der Waals surface area contributed by atoms with E-state index in [2.05, 4.69) is 27.9 Å². The van der Waals surface area contributed by atoms with Gasteiger partial charge in [0.15, 0.2) is 0 Å².